The maximum atomic E-state index is 9.36. The minimum Gasteiger partial charge on any atom is -0.392 e. The molecule has 0 aliphatic heterocycles. The quantitative estimate of drug-likeness (QED) is 0.943. The van der Waals surface area contributed by atoms with E-state index in [1.165, 1.54) is 24.1 Å². The van der Waals surface area contributed by atoms with Gasteiger partial charge in [-0.25, -0.2) is 0 Å². The van der Waals surface area contributed by atoms with Crippen LogP contribution >= 0.6 is 15.9 Å². The molecule has 0 unspecified atom stereocenters. The van der Waals surface area contributed by atoms with Crippen molar-refractivity contribution in [3.05, 3.63) is 51.8 Å². The molecule has 1 aliphatic rings. The lowest BCUT2D eigenvalue weighted by atomic mass is 10.1. The number of benzene rings is 1. The molecular weight excluding hydrogens is 292 g/mol. The van der Waals surface area contributed by atoms with Gasteiger partial charge in [-0.1, -0.05) is 28.1 Å². The summed E-state index contributed by atoms with van der Waals surface area (Å²) in [5.74, 6) is 0.599. The largest absolute Gasteiger partial charge is 0.392 e. The van der Waals surface area contributed by atoms with Crippen molar-refractivity contribution in [1.82, 2.24) is 9.78 Å². The molecule has 3 rings (SSSR count). The van der Waals surface area contributed by atoms with Crippen LogP contribution in [0.15, 0.2) is 34.9 Å². The lowest BCUT2D eigenvalue weighted by Gasteiger charge is -2.08. The number of aliphatic hydroxyl groups excluding tert-OH is 1. The molecule has 0 amide bonds. The van der Waals surface area contributed by atoms with Gasteiger partial charge >= 0.3 is 0 Å². The average molecular weight is 307 g/mol. The first kappa shape index (κ1) is 11.9. The van der Waals surface area contributed by atoms with Crippen LogP contribution in [0.5, 0.6) is 0 Å². The standard InChI is InChI=1S/C14H15BrN2O/c15-13-3-1-2-10(6-13)8-17-14(11-4-5-11)12(9-18)7-16-17/h1-3,6-7,11,18H,4-5,8-9H2. The van der Waals surface area contributed by atoms with E-state index in [4.69, 9.17) is 0 Å². The van der Waals surface area contributed by atoms with Crippen LogP contribution in [-0.4, -0.2) is 14.9 Å². The highest BCUT2D eigenvalue weighted by Gasteiger charge is 2.29. The second kappa shape index (κ2) is 4.86. The molecule has 0 radical (unpaired) electrons. The van der Waals surface area contributed by atoms with Crippen molar-refractivity contribution >= 4 is 15.9 Å². The van der Waals surface area contributed by atoms with Crippen molar-refractivity contribution in [3.63, 3.8) is 0 Å². The minimum absolute atomic E-state index is 0.0876. The number of nitrogens with zero attached hydrogens (tertiary/aromatic N) is 2. The second-order valence-electron chi connectivity index (χ2n) is 4.78. The predicted molar refractivity (Wildman–Crippen MR) is 73.4 cm³/mol. The van der Waals surface area contributed by atoms with E-state index in [9.17, 15) is 5.11 Å². The Bertz CT molecular complexity index is 561. The summed E-state index contributed by atoms with van der Waals surface area (Å²) in [4.78, 5) is 0. The molecule has 1 aromatic carbocycles. The van der Waals surface area contributed by atoms with E-state index in [0.29, 0.717) is 5.92 Å². The molecule has 1 fully saturated rings. The van der Waals surface area contributed by atoms with Crippen molar-refractivity contribution in [1.29, 1.82) is 0 Å². The number of aromatic nitrogens is 2. The topological polar surface area (TPSA) is 38.1 Å². The fourth-order valence-corrected chi connectivity index (χ4v) is 2.77. The third kappa shape index (κ3) is 2.35. The van der Waals surface area contributed by atoms with Crippen LogP contribution in [0.25, 0.3) is 0 Å². The number of halogens is 1. The number of rotatable bonds is 4. The van der Waals surface area contributed by atoms with E-state index in [1.807, 2.05) is 16.8 Å². The van der Waals surface area contributed by atoms with Gasteiger partial charge in [0.2, 0.25) is 0 Å². The predicted octanol–water partition coefficient (Wildman–Crippen LogP) is 3.06. The van der Waals surface area contributed by atoms with Crippen LogP contribution in [0.2, 0.25) is 0 Å². The zero-order valence-electron chi connectivity index (χ0n) is 10.0. The van der Waals surface area contributed by atoms with Crippen molar-refractivity contribution in [2.24, 2.45) is 0 Å². The summed E-state index contributed by atoms with van der Waals surface area (Å²) >= 11 is 3.48. The van der Waals surface area contributed by atoms with E-state index in [0.717, 1.165) is 16.6 Å². The van der Waals surface area contributed by atoms with Crippen LogP contribution < -0.4 is 0 Å². The Morgan fingerprint density at radius 1 is 1.39 bits per heavy atom. The number of hydrogen-bond donors (Lipinski definition) is 1. The molecule has 0 atom stereocenters. The number of aliphatic hydroxyl groups is 1. The second-order valence-corrected chi connectivity index (χ2v) is 5.69. The first-order valence-electron chi connectivity index (χ1n) is 6.18. The summed E-state index contributed by atoms with van der Waals surface area (Å²) < 4.78 is 3.12. The number of hydrogen-bond acceptors (Lipinski definition) is 2. The molecule has 1 heterocycles. The van der Waals surface area contributed by atoms with Gasteiger partial charge in [0.05, 0.1) is 19.3 Å². The van der Waals surface area contributed by atoms with E-state index < -0.39 is 0 Å². The molecule has 0 bridgehead atoms. The Morgan fingerprint density at radius 2 is 2.22 bits per heavy atom. The smallest absolute Gasteiger partial charge is 0.0715 e. The maximum Gasteiger partial charge on any atom is 0.0715 e. The summed E-state index contributed by atoms with van der Waals surface area (Å²) in [7, 11) is 0. The van der Waals surface area contributed by atoms with E-state index in [1.54, 1.807) is 6.20 Å². The van der Waals surface area contributed by atoms with Crippen LogP contribution in [0.4, 0.5) is 0 Å². The van der Waals surface area contributed by atoms with Crippen LogP contribution in [0, 0.1) is 0 Å². The third-order valence-electron chi connectivity index (χ3n) is 3.32. The van der Waals surface area contributed by atoms with E-state index in [2.05, 4.69) is 33.2 Å². The first-order valence-corrected chi connectivity index (χ1v) is 6.97. The van der Waals surface area contributed by atoms with Gasteiger partial charge in [-0.15, -0.1) is 0 Å². The third-order valence-corrected chi connectivity index (χ3v) is 3.81. The van der Waals surface area contributed by atoms with Crippen molar-refractivity contribution in [2.75, 3.05) is 0 Å². The maximum absolute atomic E-state index is 9.36. The van der Waals surface area contributed by atoms with Crippen molar-refractivity contribution < 1.29 is 5.11 Å². The first-order chi connectivity index (χ1) is 8.78. The fraction of sp³-hybridized carbons (Fsp3) is 0.357. The van der Waals surface area contributed by atoms with Crippen molar-refractivity contribution in [2.45, 2.75) is 31.9 Å². The van der Waals surface area contributed by atoms with Gasteiger partial charge in [-0.2, -0.15) is 5.10 Å². The minimum atomic E-state index is 0.0876. The van der Waals surface area contributed by atoms with Gasteiger partial charge in [0, 0.05) is 21.6 Å². The Labute approximate surface area is 115 Å². The Balaban J connectivity index is 1.90. The highest BCUT2D eigenvalue weighted by molar-refractivity contribution is 9.10. The molecule has 4 heteroatoms. The molecule has 2 aromatic rings. The molecule has 1 N–H and O–H groups in total. The zero-order valence-corrected chi connectivity index (χ0v) is 11.6. The van der Waals surface area contributed by atoms with Gasteiger partial charge < -0.3 is 5.11 Å². The average Bonchev–Trinajstić information content (AvgIpc) is 3.11. The summed E-state index contributed by atoms with van der Waals surface area (Å²) in [6, 6.07) is 8.26. The molecule has 18 heavy (non-hydrogen) atoms. The summed E-state index contributed by atoms with van der Waals surface area (Å²) in [5.41, 5.74) is 3.42. The fourth-order valence-electron chi connectivity index (χ4n) is 2.32. The molecule has 94 valence electrons. The Morgan fingerprint density at radius 3 is 2.89 bits per heavy atom. The molecular formula is C14H15BrN2O. The molecule has 0 spiro atoms. The lowest BCUT2D eigenvalue weighted by molar-refractivity contribution is 0.280. The molecule has 3 nitrogen and oxygen atoms in total. The van der Waals surface area contributed by atoms with Gasteiger partial charge in [0.1, 0.15) is 0 Å². The van der Waals surface area contributed by atoms with Gasteiger partial charge in [0.15, 0.2) is 0 Å². The monoisotopic (exact) mass is 306 g/mol. The van der Waals surface area contributed by atoms with Gasteiger partial charge in [0.25, 0.3) is 0 Å². The van der Waals surface area contributed by atoms with E-state index in [-0.39, 0.29) is 6.61 Å². The summed E-state index contributed by atoms with van der Waals surface area (Å²) in [6.07, 6.45) is 4.24. The molecule has 0 saturated heterocycles. The zero-order chi connectivity index (χ0) is 12.5. The summed E-state index contributed by atoms with van der Waals surface area (Å²) in [6.45, 7) is 0.857. The molecule has 1 saturated carbocycles. The normalized spacial score (nSPS) is 15.0. The lowest BCUT2D eigenvalue weighted by Crippen LogP contribution is -2.06. The van der Waals surface area contributed by atoms with Crippen LogP contribution in [0.3, 0.4) is 0 Å². The molecule has 1 aliphatic carbocycles. The summed E-state index contributed by atoms with van der Waals surface area (Å²) in [5, 5.41) is 13.8. The highest BCUT2D eigenvalue weighted by atomic mass is 79.9. The Kier molecular flexibility index (Phi) is 3.22. The van der Waals surface area contributed by atoms with Crippen molar-refractivity contribution in [3.8, 4) is 0 Å². The van der Waals surface area contributed by atoms with E-state index >= 15 is 0 Å². The SMILES string of the molecule is OCc1cnn(Cc2cccc(Br)c2)c1C1CC1. The van der Waals surface area contributed by atoms with Crippen LogP contribution in [0.1, 0.15) is 35.6 Å². The van der Waals surface area contributed by atoms with Gasteiger partial charge in [-0.3, -0.25) is 4.68 Å². The Hall–Kier alpha value is -1.13. The highest BCUT2D eigenvalue weighted by Crippen LogP contribution is 2.41. The molecule has 1 aromatic heterocycles. The van der Waals surface area contributed by atoms with Crippen LogP contribution in [-0.2, 0) is 13.2 Å². The van der Waals surface area contributed by atoms with Gasteiger partial charge in [-0.05, 0) is 30.5 Å².